The maximum absolute atomic E-state index is 12.6. The largest absolute Gasteiger partial charge is 0.461 e. The van der Waals surface area contributed by atoms with Gasteiger partial charge in [0.15, 0.2) is 0 Å². The standard InChI is InChI=1S/C25H24N2O2S/c1-15-5-6-20(13-24(15)30-4)25(28)27-14-21-11-19(9-10-26-21)18-7-8-23-22(12-18)16(2)17(3)29-23/h5-13H,14H2,1-4H3,(H,27,28). The quantitative estimate of drug-likeness (QED) is 0.401. The Hall–Kier alpha value is -3.05. The second-order valence-electron chi connectivity index (χ2n) is 7.40. The zero-order valence-corrected chi connectivity index (χ0v) is 18.4. The fourth-order valence-corrected chi connectivity index (χ4v) is 4.15. The Kier molecular flexibility index (Phi) is 5.64. The number of benzene rings is 2. The average molecular weight is 417 g/mol. The van der Waals surface area contributed by atoms with Crippen molar-refractivity contribution in [2.75, 3.05) is 6.26 Å². The molecular formula is C25H24N2O2S. The Labute approximate surface area is 180 Å². The number of thioether (sulfide) groups is 1. The summed E-state index contributed by atoms with van der Waals surface area (Å²) in [6, 6.07) is 16.0. The summed E-state index contributed by atoms with van der Waals surface area (Å²) >= 11 is 1.65. The molecule has 4 rings (SSSR count). The van der Waals surface area contributed by atoms with Gasteiger partial charge in [0.1, 0.15) is 11.3 Å². The minimum atomic E-state index is -0.0941. The highest BCUT2D eigenvalue weighted by Gasteiger charge is 2.11. The molecule has 2 heterocycles. The van der Waals surface area contributed by atoms with Crippen LogP contribution >= 0.6 is 11.8 Å². The molecule has 4 aromatic rings. The number of rotatable bonds is 5. The van der Waals surface area contributed by atoms with Crippen LogP contribution in [0.15, 0.2) is 64.0 Å². The summed E-state index contributed by atoms with van der Waals surface area (Å²) in [6.45, 7) is 6.48. The number of nitrogens with one attached hydrogen (secondary N) is 1. The monoisotopic (exact) mass is 416 g/mol. The number of pyridine rings is 1. The van der Waals surface area contributed by atoms with Gasteiger partial charge in [-0.1, -0.05) is 12.1 Å². The summed E-state index contributed by atoms with van der Waals surface area (Å²) in [5.74, 6) is 0.851. The van der Waals surface area contributed by atoms with E-state index < -0.39 is 0 Å². The smallest absolute Gasteiger partial charge is 0.251 e. The van der Waals surface area contributed by atoms with Gasteiger partial charge in [0.2, 0.25) is 0 Å². The topological polar surface area (TPSA) is 55.1 Å². The van der Waals surface area contributed by atoms with E-state index in [1.54, 1.807) is 18.0 Å². The third-order valence-electron chi connectivity index (χ3n) is 5.42. The van der Waals surface area contributed by atoms with Crippen LogP contribution in [0.2, 0.25) is 0 Å². The van der Waals surface area contributed by atoms with E-state index in [4.69, 9.17) is 4.42 Å². The van der Waals surface area contributed by atoms with Crippen molar-refractivity contribution in [3.63, 3.8) is 0 Å². The van der Waals surface area contributed by atoms with Gasteiger partial charge in [-0.15, -0.1) is 11.8 Å². The molecule has 2 aromatic heterocycles. The number of hydrogen-bond donors (Lipinski definition) is 1. The van der Waals surface area contributed by atoms with Crippen LogP contribution in [0.25, 0.3) is 22.1 Å². The van der Waals surface area contributed by atoms with Crippen LogP contribution < -0.4 is 5.32 Å². The van der Waals surface area contributed by atoms with Gasteiger partial charge in [-0.2, -0.15) is 0 Å². The third-order valence-corrected chi connectivity index (χ3v) is 6.30. The molecule has 0 unspecified atom stereocenters. The first kappa shape index (κ1) is 20.2. The van der Waals surface area contributed by atoms with Gasteiger partial charge in [-0.3, -0.25) is 9.78 Å². The lowest BCUT2D eigenvalue weighted by Crippen LogP contribution is -2.23. The minimum absolute atomic E-state index is 0.0941. The molecule has 0 fully saturated rings. The van der Waals surface area contributed by atoms with Gasteiger partial charge in [0.05, 0.1) is 12.2 Å². The summed E-state index contributed by atoms with van der Waals surface area (Å²) in [7, 11) is 0. The number of carbonyl (C=O) groups is 1. The molecule has 0 saturated carbocycles. The van der Waals surface area contributed by atoms with Crippen LogP contribution in [0.3, 0.4) is 0 Å². The van der Waals surface area contributed by atoms with Crippen LogP contribution in [0.1, 0.15) is 32.9 Å². The number of aryl methyl sites for hydroxylation is 3. The van der Waals surface area contributed by atoms with Crippen LogP contribution in [-0.4, -0.2) is 17.1 Å². The maximum Gasteiger partial charge on any atom is 0.251 e. The van der Waals surface area contributed by atoms with E-state index in [0.717, 1.165) is 44.0 Å². The zero-order chi connectivity index (χ0) is 21.3. The van der Waals surface area contributed by atoms with Crippen LogP contribution in [0.5, 0.6) is 0 Å². The molecule has 4 nitrogen and oxygen atoms in total. The number of fused-ring (bicyclic) bond motifs is 1. The summed E-state index contributed by atoms with van der Waals surface area (Å²) in [5, 5.41) is 4.11. The normalized spacial score (nSPS) is 11.1. The molecule has 0 radical (unpaired) electrons. The second kappa shape index (κ2) is 8.36. The fourth-order valence-electron chi connectivity index (χ4n) is 3.51. The number of furan rings is 1. The Morgan fingerprint density at radius 2 is 1.83 bits per heavy atom. The van der Waals surface area contributed by atoms with Gasteiger partial charge in [-0.05, 0) is 85.7 Å². The molecule has 0 spiro atoms. The van der Waals surface area contributed by atoms with Crippen molar-refractivity contribution in [2.45, 2.75) is 32.2 Å². The van der Waals surface area contributed by atoms with Crippen molar-refractivity contribution in [3.8, 4) is 11.1 Å². The van der Waals surface area contributed by atoms with Crippen LogP contribution in [0.4, 0.5) is 0 Å². The molecular weight excluding hydrogens is 392 g/mol. The molecule has 0 bridgehead atoms. The molecule has 30 heavy (non-hydrogen) atoms. The van der Waals surface area contributed by atoms with E-state index >= 15 is 0 Å². The lowest BCUT2D eigenvalue weighted by molar-refractivity contribution is 0.0950. The highest BCUT2D eigenvalue weighted by Crippen LogP contribution is 2.30. The first-order valence-corrected chi connectivity index (χ1v) is 11.1. The minimum Gasteiger partial charge on any atom is -0.461 e. The van der Waals surface area contributed by atoms with E-state index in [1.165, 1.54) is 5.56 Å². The second-order valence-corrected chi connectivity index (χ2v) is 8.25. The highest BCUT2D eigenvalue weighted by atomic mass is 32.2. The van der Waals surface area contributed by atoms with Gasteiger partial charge in [0.25, 0.3) is 5.91 Å². The predicted molar refractivity (Wildman–Crippen MR) is 123 cm³/mol. The fraction of sp³-hybridized carbons (Fsp3) is 0.200. The summed E-state index contributed by atoms with van der Waals surface area (Å²) < 4.78 is 5.78. The summed E-state index contributed by atoms with van der Waals surface area (Å²) in [6.07, 6.45) is 3.80. The summed E-state index contributed by atoms with van der Waals surface area (Å²) in [5.41, 5.74) is 6.89. The number of amides is 1. The molecule has 0 atom stereocenters. The molecule has 1 amide bonds. The van der Waals surface area contributed by atoms with Gasteiger partial charge < -0.3 is 9.73 Å². The Morgan fingerprint density at radius 1 is 1.03 bits per heavy atom. The van der Waals surface area contributed by atoms with E-state index in [2.05, 4.69) is 29.4 Å². The van der Waals surface area contributed by atoms with E-state index in [0.29, 0.717) is 12.1 Å². The number of aromatic nitrogens is 1. The van der Waals surface area contributed by atoms with Gasteiger partial charge in [-0.25, -0.2) is 0 Å². The average Bonchev–Trinajstić information content (AvgIpc) is 3.05. The van der Waals surface area contributed by atoms with Crippen LogP contribution in [0, 0.1) is 20.8 Å². The van der Waals surface area contributed by atoms with Crippen LogP contribution in [-0.2, 0) is 6.54 Å². The summed E-state index contributed by atoms with van der Waals surface area (Å²) in [4.78, 5) is 18.1. The predicted octanol–water partition coefficient (Wildman–Crippen LogP) is 6.07. The third kappa shape index (κ3) is 3.98. The van der Waals surface area contributed by atoms with Crippen molar-refractivity contribution in [1.82, 2.24) is 10.3 Å². The molecule has 0 aliphatic carbocycles. The first-order valence-electron chi connectivity index (χ1n) is 9.84. The van der Waals surface area contributed by atoms with Crippen molar-refractivity contribution < 1.29 is 9.21 Å². The van der Waals surface area contributed by atoms with Crippen molar-refractivity contribution >= 4 is 28.6 Å². The number of carbonyl (C=O) groups excluding carboxylic acids is 1. The van der Waals surface area contributed by atoms with Gasteiger partial charge in [0, 0.05) is 22.0 Å². The molecule has 0 aliphatic rings. The molecule has 1 N–H and O–H groups in total. The van der Waals surface area contributed by atoms with Gasteiger partial charge >= 0.3 is 0 Å². The molecule has 5 heteroatoms. The van der Waals surface area contributed by atoms with Crippen molar-refractivity contribution in [2.24, 2.45) is 0 Å². The maximum atomic E-state index is 12.6. The van der Waals surface area contributed by atoms with Crippen molar-refractivity contribution in [1.29, 1.82) is 0 Å². The van der Waals surface area contributed by atoms with E-state index in [1.807, 2.05) is 56.5 Å². The lowest BCUT2D eigenvalue weighted by atomic mass is 10.0. The molecule has 2 aromatic carbocycles. The lowest BCUT2D eigenvalue weighted by Gasteiger charge is -2.09. The Bertz CT molecular complexity index is 1240. The number of hydrogen-bond acceptors (Lipinski definition) is 4. The van der Waals surface area contributed by atoms with E-state index in [-0.39, 0.29) is 5.91 Å². The molecule has 0 aliphatic heterocycles. The first-order chi connectivity index (χ1) is 14.5. The zero-order valence-electron chi connectivity index (χ0n) is 17.6. The van der Waals surface area contributed by atoms with Crippen molar-refractivity contribution in [3.05, 3.63) is 82.9 Å². The Balaban J connectivity index is 1.52. The highest BCUT2D eigenvalue weighted by molar-refractivity contribution is 7.98. The van der Waals surface area contributed by atoms with E-state index in [9.17, 15) is 4.79 Å². The SMILES string of the molecule is CSc1cc(C(=O)NCc2cc(-c3ccc4oc(C)c(C)c4c3)ccn2)ccc1C. The number of nitrogens with zero attached hydrogens (tertiary/aromatic N) is 1. The molecule has 152 valence electrons. The molecule has 0 saturated heterocycles. The Morgan fingerprint density at radius 3 is 2.63 bits per heavy atom.